The van der Waals surface area contributed by atoms with E-state index in [0.717, 1.165) is 0 Å². The number of ether oxygens (including phenoxy) is 4. The Morgan fingerprint density at radius 1 is 0.900 bits per heavy atom. The van der Waals surface area contributed by atoms with Gasteiger partial charge in [-0.2, -0.15) is 0 Å². The third kappa shape index (κ3) is 8.85. The maximum absolute atomic E-state index is 13.3. The number of amides is 1. The second-order valence-electron chi connectivity index (χ2n) is 8.17. The van der Waals surface area contributed by atoms with Crippen LogP contribution in [-0.4, -0.2) is 62.8 Å². The number of allylic oxidation sites excluding steroid dienone is 2. The lowest BCUT2D eigenvalue weighted by molar-refractivity contribution is -0.130. The molecule has 40 heavy (non-hydrogen) atoms. The van der Waals surface area contributed by atoms with Crippen molar-refractivity contribution in [1.82, 2.24) is 4.90 Å². The second-order valence-corrected chi connectivity index (χ2v) is 8.17. The lowest BCUT2D eigenvalue weighted by Crippen LogP contribution is -2.31. The summed E-state index contributed by atoms with van der Waals surface area (Å²) in [7, 11) is 4.52. The molecule has 1 N–H and O–H groups in total. The fraction of sp³-hybridized carbons (Fsp3) is 0.310. The predicted molar refractivity (Wildman–Crippen MR) is 152 cm³/mol. The van der Waals surface area contributed by atoms with Gasteiger partial charge >= 0.3 is 0 Å². The minimum atomic E-state index is -0.540. The number of benzene rings is 2. The molecule has 0 aromatic heterocycles. The van der Waals surface area contributed by atoms with Crippen LogP contribution in [0.1, 0.15) is 31.4 Å². The highest BCUT2D eigenvalue weighted by Gasteiger charge is 2.19. The highest BCUT2D eigenvalue weighted by molar-refractivity contribution is 6.09. The van der Waals surface area contributed by atoms with Gasteiger partial charge in [0.05, 0.1) is 33.3 Å². The molecule has 11 nitrogen and oxygen atoms in total. The smallest absolute Gasteiger partial charge is 0.227 e. The zero-order valence-corrected chi connectivity index (χ0v) is 23.3. The quantitative estimate of drug-likeness (QED) is 0.0745. The monoisotopic (exact) mass is 550 g/mol. The Balaban J connectivity index is 2.41. The van der Waals surface area contributed by atoms with E-state index < -0.39 is 5.78 Å². The van der Waals surface area contributed by atoms with Crippen molar-refractivity contribution in [2.75, 3.05) is 41.1 Å². The highest BCUT2D eigenvalue weighted by atomic mass is 16.5. The van der Waals surface area contributed by atoms with Gasteiger partial charge in [-0.05, 0) is 66.9 Å². The lowest BCUT2D eigenvalue weighted by atomic mass is 10.0. The summed E-state index contributed by atoms with van der Waals surface area (Å²) in [6.07, 6.45) is 5.48. The molecule has 212 valence electrons. The first-order valence-corrected chi connectivity index (χ1v) is 12.5. The first-order chi connectivity index (χ1) is 19.3. The molecule has 11 heteroatoms. The molecule has 0 radical (unpaired) electrons. The molecule has 0 saturated carbocycles. The van der Waals surface area contributed by atoms with Crippen LogP contribution in [0, 0.1) is 0 Å². The molecule has 2 aromatic rings. The van der Waals surface area contributed by atoms with E-state index in [9.17, 15) is 14.7 Å². The topological polar surface area (TPSA) is 143 Å². The van der Waals surface area contributed by atoms with Crippen molar-refractivity contribution in [2.45, 2.75) is 20.3 Å². The van der Waals surface area contributed by atoms with Gasteiger partial charge in [-0.25, -0.2) is 0 Å². The average molecular weight is 551 g/mol. The standard InChI is InChI=1S/C29H34N4O7/c1-6-33(7-2)29(36)18-22(23(34)12-8-20-10-14-25(37-3)27(16-20)39-5)24(35)13-9-21-11-15-26(38-4)28(17-21)40-19-31-32-30/h8-17,34H,6-7,18-19H2,1-5H3/b12-8+,13-9+,23-22-. The SMILES string of the molecule is CCN(CC)C(=O)C/C(C(=O)/C=C/c1ccc(OC)c(OCN=[N+]=[N-])c1)=C(O)\C=C\c1ccc(OC)c(OC)c1. The molecule has 0 heterocycles. The van der Waals surface area contributed by atoms with Gasteiger partial charge in [0.15, 0.2) is 35.5 Å². The molecule has 0 unspecified atom stereocenters. The maximum Gasteiger partial charge on any atom is 0.227 e. The summed E-state index contributed by atoms with van der Waals surface area (Å²) in [6.45, 7) is 4.39. The van der Waals surface area contributed by atoms with Gasteiger partial charge in [0.2, 0.25) is 5.91 Å². The molecule has 0 bridgehead atoms. The Kier molecular flexibility index (Phi) is 12.7. The van der Waals surface area contributed by atoms with Crippen molar-refractivity contribution in [3.05, 3.63) is 81.5 Å². The number of carbonyl (C=O) groups excluding carboxylic acids is 2. The van der Waals surface area contributed by atoms with E-state index in [-0.39, 0.29) is 30.4 Å². The number of hydrogen-bond acceptors (Lipinski definition) is 8. The minimum absolute atomic E-state index is 0.0572. The van der Waals surface area contributed by atoms with Gasteiger partial charge in [0.1, 0.15) is 5.76 Å². The predicted octanol–water partition coefficient (Wildman–Crippen LogP) is 5.73. The number of ketones is 1. The normalized spacial score (nSPS) is 11.5. The van der Waals surface area contributed by atoms with Crippen molar-refractivity contribution in [2.24, 2.45) is 5.11 Å². The van der Waals surface area contributed by atoms with Gasteiger partial charge < -0.3 is 29.0 Å². The van der Waals surface area contributed by atoms with E-state index in [0.29, 0.717) is 47.2 Å². The lowest BCUT2D eigenvalue weighted by Gasteiger charge is -2.19. The summed E-state index contributed by atoms with van der Waals surface area (Å²) in [4.78, 5) is 30.3. The summed E-state index contributed by atoms with van der Waals surface area (Å²) >= 11 is 0. The van der Waals surface area contributed by atoms with E-state index in [1.165, 1.54) is 39.6 Å². The first kappa shape index (κ1) is 31.3. The molecule has 0 spiro atoms. The van der Waals surface area contributed by atoms with Crippen molar-refractivity contribution in [3.8, 4) is 23.0 Å². The molecule has 2 rings (SSSR count). The van der Waals surface area contributed by atoms with E-state index in [2.05, 4.69) is 10.0 Å². The van der Waals surface area contributed by atoms with Crippen LogP contribution in [0.2, 0.25) is 0 Å². The van der Waals surface area contributed by atoms with E-state index >= 15 is 0 Å². The number of aliphatic hydroxyl groups excluding tert-OH is 1. The summed E-state index contributed by atoms with van der Waals surface area (Å²) in [5.41, 5.74) is 9.69. The molecule has 0 aliphatic heterocycles. The summed E-state index contributed by atoms with van der Waals surface area (Å²) in [5.74, 6) is 0.630. The van der Waals surface area contributed by atoms with Crippen LogP contribution in [-0.2, 0) is 9.59 Å². The Hall–Kier alpha value is -4.89. The fourth-order valence-corrected chi connectivity index (χ4v) is 3.68. The Morgan fingerprint density at radius 3 is 2.00 bits per heavy atom. The molecule has 1 amide bonds. The molecular weight excluding hydrogens is 516 g/mol. The van der Waals surface area contributed by atoms with Crippen molar-refractivity contribution in [3.63, 3.8) is 0 Å². The maximum atomic E-state index is 13.3. The molecule has 2 aromatic carbocycles. The van der Waals surface area contributed by atoms with Crippen LogP contribution >= 0.6 is 0 Å². The van der Waals surface area contributed by atoms with Gasteiger partial charge in [0.25, 0.3) is 0 Å². The van der Waals surface area contributed by atoms with E-state index in [4.69, 9.17) is 24.5 Å². The number of carbonyl (C=O) groups is 2. The number of azide groups is 1. The van der Waals surface area contributed by atoms with Crippen LogP contribution in [0.15, 0.2) is 65.0 Å². The fourth-order valence-electron chi connectivity index (χ4n) is 3.68. The van der Waals surface area contributed by atoms with Crippen molar-refractivity contribution >= 4 is 23.8 Å². The second kappa shape index (κ2) is 16.2. The number of rotatable bonds is 15. The van der Waals surface area contributed by atoms with E-state index in [1.807, 2.05) is 13.8 Å². The molecule has 0 aliphatic rings. The average Bonchev–Trinajstić information content (AvgIpc) is 2.98. The number of nitrogens with zero attached hydrogens (tertiary/aromatic N) is 4. The van der Waals surface area contributed by atoms with Gasteiger partial charge in [-0.15, -0.1) is 0 Å². The summed E-state index contributed by atoms with van der Waals surface area (Å²) in [6, 6.07) is 10.1. The van der Waals surface area contributed by atoms with Crippen LogP contribution in [0.25, 0.3) is 22.6 Å². The van der Waals surface area contributed by atoms with Gasteiger partial charge in [-0.1, -0.05) is 29.4 Å². The van der Waals surface area contributed by atoms with Crippen LogP contribution < -0.4 is 18.9 Å². The largest absolute Gasteiger partial charge is 0.508 e. The Bertz CT molecular complexity index is 1320. The number of methoxy groups -OCH3 is 3. The summed E-state index contributed by atoms with van der Waals surface area (Å²) < 4.78 is 21.2. The minimum Gasteiger partial charge on any atom is -0.508 e. The molecule has 0 fully saturated rings. The molecule has 0 atom stereocenters. The zero-order chi connectivity index (χ0) is 29.5. The first-order valence-electron chi connectivity index (χ1n) is 12.5. The zero-order valence-electron chi connectivity index (χ0n) is 23.3. The molecular formula is C29H34N4O7. The highest BCUT2D eigenvalue weighted by Crippen LogP contribution is 2.30. The Labute approximate surface area is 233 Å². The van der Waals surface area contributed by atoms with Crippen LogP contribution in [0.3, 0.4) is 0 Å². The molecule has 0 saturated heterocycles. The molecule has 0 aliphatic carbocycles. The number of hydrogen-bond donors (Lipinski definition) is 1. The third-order valence-corrected chi connectivity index (χ3v) is 5.85. The third-order valence-electron chi connectivity index (χ3n) is 5.85. The summed E-state index contributed by atoms with van der Waals surface area (Å²) in [5, 5.41) is 14.3. The van der Waals surface area contributed by atoms with Gasteiger partial charge in [0, 0.05) is 18.0 Å². The van der Waals surface area contributed by atoms with Crippen molar-refractivity contribution < 1.29 is 33.6 Å². The van der Waals surface area contributed by atoms with Crippen LogP contribution in [0.5, 0.6) is 23.0 Å². The van der Waals surface area contributed by atoms with Gasteiger partial charge in [-0.3, -0.25) is 9.59 Å². The van der Waals surface area contributed by atoms with Crippen molar-refractivity contribution in [1.29, 1.82) is 0 Å². The number of aliphatic hydroxyl groups is 1. The van der Waals surface area contributed by atoms with Crippen LogP contribution in [0.4, 0.5) is 0 Å². The Morgan fingerprint density at radius 2 is 1.45 bits per heavy atom. The van der Waals surface area contributed by atoms with E-state index in [1.54, 1.807) is 47.4 Å².